The van der Waals surface area contributed by atoms with E-state index in [1.54, 1.807) is 24.1 Å². The number of sulfonamides is 1. The van der Waals surface area contributed by atoms with Crippen molar-refractivity contribution in [2.75, 3.05) is 13.7 Å². The molecule has 0 bridgehead atoms. The highest BCUT2D eigenvalue weighted by Gasteiger charge is 2.61. The number of halogens is 2. The number of pyridine rings is 1. The Balaban J connectivity index is 1.16. The Bertz CT molecular complexity index is 2500. The summed E-state index contributed by atoms with van der Waals surface area (Å²) in [6, 6.07) is 10.2. The molecule has 5 atom stereocenters. The van der Waals surface area contributed by atoms with Gasteiger partial charge in [-0.15, -0.1) is 11.3 Å². The summed E-state index contributed by atoms with van der Waals surface area (Å²) in [5.74, 6) is -0.588. The van der Waals surface area contributed by atoms with Crippen LogP contribution in [0.15, 0.2) is 53.9 Å². The van der Waals surface area contributed by atoms with E-state index in [1.807, 2.05) is 48.7 Å². The van der Waals surface area contributed by atoms with Crippen molar-refractivity contribution >= 4 is 72.9 Å². The molecule has 3 fully saturated rings. The molecule has 1 saturated heterocycles. The number of nitrogens with one attached hydrogen (secondary N) is 1. The van der Waals surface area contributed by atoms with Gasteiger partial charge in [-0.3, -0.25) is 19.1 Å². The summed E-state index contributed by atoms with van der Waals surface area (Å²) in [4.78, 5) is 55.4. The van der Waals surface area contributed by atoms with E-state index < -0.39 is 44.7 Å². The highest BCUT2D eigenvalue weighted by Crippen LogP contribution is 2.57. The molecule has 11 nitrogen and oxygen atoms in total. The summed E-state index contributed by atoms with van der Waals surface area (Å²) in [6.07, 6.45) is 9.05. The van der Waals surface area contributed by atoms with E-state index in [2.05, 4.69) is 18.6 Å². The first kappa shape index (κ1) is 43.6. The van der Waals surface area contributed by atoms with Crippen molar-refractivity contribution in [3.8, 4) is 22.3 Å². The number of hydrogen-bond acceptors (Lipinski definition) is 10. The second-order valence-electron chi connectivity index (χ2n) is 17.5. The van der Waals surface area contributed by atoms with Gasteiger partial charge in [0.05, 0.1) is 46.1 Å². The first-order chi connectivity index (χ1) is 29.2. The molecule has 0 unspecified atom stereocenters. The molecule has 0 radical (unpaired) electrons. The predicted molar refractivity (Wildman–Crippen MR) is 239 cm³/mol. The number of hydrogen-bond donors (Lipinski definition) is 1. The van der Waals surface area contributed by atoms with Crippen molar-refractivity contribution in [3.63, 3.8) is 0 Å². The van der Waals surface area contributed by atoms with E-state index in [-0.39, 0.29) is 42.9 Å². The van der Waals surface area contributed by atoms with Gasteiger partial charge in [-0.25, -0.2) is 18.4 Å². The molecule has 4 aromatic rings. The smallest absolute Gasteiger partial charge is 0.240 e. The zero-order valence-electron chi connectivity index (χ0n) is 34.9. The Morgan fingerprint density at radius 1 is 1.03 bits per heavy atom. The largest absolute Gasteiger partial charge is 0.496 e. The lowest BCUT2D eigenvalue weighted by molar-refractivity contribution is -0.142. The van der Waals surface area contributed by atoms with Crippen LogP contribution < -0.4 is 14.2 Å². The lowest BCUT2D eigenvalue weighted by Crippen LogP contribution is -2.46. The minimum absolute atomic E-state index is 0.114. The summed E-state index contributed by atoms with van der Waals surface area (Å²) >= 11 is 14.2. The number of carbonyl (C=O) groups is 3. The topological polar surface area (TPSA) is 145 Å². The number of benzene rings is 2. The van der Waals surface area contributed by atoms with E-state index in [4.69, 9.17) is 42.6 Å². The quantitative estimate of drug-likeness (QED) is 0.154. The molecule has 61 heavy (non-hydrogen) atoms. The molecule has 4 aliphatic rings. The number of ether oxygens (including phenoxy) is 2. The van der Waals surface area contributed by atoms with Gasteiger partial charge < -0.3 is 14.4 Å². The third-order valence-corrected chi connectivity index (χ3v) is 16.3. The Labute approximate surface area is 371 Å². The van der Waals surface area contributed by atoms with Crippen molar-refractivity contribution in [2.45, 2.75) is 115 Å². The fraction of sp³-hybridized carbons (Fsp3) is 0.500. The summed E-state index contributed by atoms with van der Waals surface area (Å²) in [7, 11) is -2.22. The number of rotatable bonds is 10. The first-order valence-electron chi connectivity index (χ1n) is 21.3. The summed E-state index contributed by atoms with van der Waals surface area (Å²) in [5.41, 5.74) is 2.14. The van der Waals surface area contributed by atoms with Crippen molar-refractivity contribution in [1.82, 2.24) is 19.6 Å². The van der Waals surface area contributed by atoms with E-state index in [0.717, 1.165) is 58.3 Å². The van der Waals surface area contributed by atoms with Crippen LogP contribution in [0.2, 0.25) is 10.0 Å². The SMILES string of the molecule is COc1ccc2c(O[C@@H]3C[C@H]4C(=O)C[C@]5(C(=O)NS(=O)(=O)C6CC6)C[C@@H]5/C=C\CCCCC[C@H](Cc5ccc(Cl)c(Cl)c5)C(=O)N4C3)nc(-c3nc(C(C)C)cs3)cc2c1C. The molecule has 8 rings (SSSR count). The Kier molecular flexibility index (Phi) is 12.6. The number of ketones is 1. The lowest BCUT2D eigenvalue weighted by atomic mass is 9.90. The molecule has 2 aromatic carbocycles. The molecule has 4 heterocycles. The van der Waals surface area contributed by atoms with E-state index in [1.165, 1.54) is 11.3 Å². The second-order valence-corrected chi connectivity index (χ2v) is 21.1. The maximum absolute atomic E-state index is 15.0. The molecule has 2 aromatic heterocycles. The normalized spacial score (nSPS) is 25.4. The van der Waals surface area contributed by atoms with Gasteiger partial charge in [0.2, 0.25) is 27.7 Å². The molecule has 2 aliphatic heterocycles. The molecular formula is C46H52Cl2N4O7S2. The van der Waals surface area contributed by atoms with Crippen LogP contribution >= 0.6 is 34.5 Å². The fourth-order valence-electron chi connectivity index (χ4n) is 8.94. The molecule has 2 aliphatic carbocycles. The van der Waals surface area contributed by atoms with Crippen molar-refractivity contribution in [2.24, 2.45) is 17.3 Å². The van der Waals surface area contributed by atoms with Crippen LogP contribution in [0, 0.1) is 24.2 Å². The third-order valence-electron chi connectivity index (χ3n) is 12.8. The van der Waals surface area contributed by atoms with Crippen molar-refractivity contribution < 1.29 is 32.3 Å². The second kappa shape index (κ2) is 17.6. The maximum atomic E-state index is 15.0. The van der Waals surface area contributed by atoms with Gasteiger partial charge in [0, 0.05) is 29.5 Å². The maximum Gasteiger partial charge on any atom is 0.240 e. The van der Waals surface area contributed by atoms with Gasteiger partial charge in [-0.2, -0.15) is 0 Å². The Hall–Kier alpha value is -4.04. The fourth-order valence-corrected chi connectivity index (χ4v) is 11.6. The average Bonchev–Trinajstić information content (AvgIpc) is 4.10. The van der Waals surface area contributed by atoms with E-state index >= 15 is 4.79 Å². The molecule has 1 N–H and O–H groups in total. The van der Waals surface area contributed by atoms with Crippen LogP contribution in [0.3, 0.4) is 0 Å². The van der Waals surface area contributed by atoms with Crippen LogP contribution in [0.4, 0.5) is 0 Å². The highest BCUT2D eigenvalue weighted by molar-refractivity contribution is 7.90. The number of aromatic nitrogens is 2. The number of fused-ring (bicyclic) bond motifs is 3. The number of Topliss-reactive ketones (excluding diaryl/α,β-unsaturated/α-hetero) is 1. The number of methoxy groups -OCH3 is 1. The van der Waals surface area contributed by atoms with Gasteiger partial charge in [0.25, 0.3) is 0 Å². The number of allylic oxidation sites excluding steroid dienone is 2. The molecule has 0 spiro atoms. The van der Waals surface area contributed by atoms with Crippen LogP contribution in [0.5, 0.6) is 11.6 Å². The number of nitrogens with zero attached hydrogens (tertiary/aromatic N) is 3. The monoisotopic (exact) mass is 906 g/mol. The third kappa shape index (κ3) is 9.22. The minimum atomic E-state index is -3.85. The van der Waals surface area contributed by atoms with E-state index in [9.17, 15) is 18.0 Å². The van der Waals surface area contributed by atoms with Crippen molar-refractivity contribution in [3.05, 3.63) is 80.8 Å². The van der Waals surface area contributed by atoms with Crippen LogP contribution in [-0.4, -0.2) is 71.9 Å². The first-order valence-corrected chi connectivity index (χ1v) is 24.5. The van der Waals surface area contributed by atoms with Gasteiger partial charge in [0.15, 0.2) is 5.78 Å². The standard InChI is InChI=1S/C46H52Cl2N4O7S2/c1-26(2)38-25-60-43(50-38)37-21-34-27(3)41(58-4)17-15-33(34)42(49-37)59-31-20-39-40(53)23-46(45(55)51-61(56,57)32-13-14-32)22-30(46)11-9-7-5-6-8-10-29(44(54)52(39)24-31)18-28-12-16-35(47)36(48)19-28/h9,11-12,15-17,19,21,25-26,29-32,39H,5-8,10,13-14,18,20,22-24H2,1-4H3,(H,51,55)/b11-9-/t29-,30+,31-,39+,46-/m1/s1. The zero-order chi connectivity index (χ0) is 43.2. The molecule has 2 saturated carbocycles. The summed E-state index contributed by atoms with van der Waals surface area (Å²) in [6.45, 7) is 6.28. The highest BCUT2D eigenvalue weighted by atomic mass is 35.5. The predicted octanol–water partition coefficient (Wildman–Crippen LogP) is 9.41. The average molecular weight is 908 g/mol. The number of amides is 2. The Morgan fingerprint density at radius 3 is 2.56 bits per heavy atom. The molecule has 2 amide bonds. The minimum Gasteiger partial charge on any atom is -0.496 e. The Morgan fingerprint density at radius 2 is 1.84 bits per heavy atom. The summed E-state index contributed by atoms with van der Waals surface area (Å²) < 4.78 is 40.9. The van der Waals surface area contributed by atoms with Gasteiger partial charge in [0.1, 0.15) is 22.6 Å². The lowest BCUT2D eigenvalue weighted by Gasteiger charge is -2.29. The van der Waals surface area contributed by atoms with Crippen LogP contribution in [0.25, 0.3) is 21.5 Å². The number of aryl methyl sites for hydroxylation is 1. The number of thiazole rings is 1. The zero-order valence-corrected chi connectivity index (χ0v) is 38.1. The van der Waals surface area contributed by atoms with Gasteiger partial charge >= 0.3 is 0 Å². The van der Waals surface area contributed by atoms with Crippen LogP contribution in [0.1, 0.15) is 101 Å². The van der Waals surface area contributed by atoms with Crippen LogP contribution in [-0.2, 0) is 30.8 Å². The molecular weight excluding hydrogens is 856 g/mol. The van der Waals surface area contributed by atoms with Crippen molar-refractivity contribution in [1.29, 1.82) is 0 Å². The van der Waals surface area contributed by atoms with Gasteiger partial charge in [-0.1, -0.05) is 68.1 Å². The molecule has 15 heteroatoms. The van der Waals surface area contributed by atoms with Gasteiger partial charge in [-0.05, 0) is 111 Å². The van der Waals surface area contributed by atoms with E-state index in [0.29, 0.717) is 59.5 Å². The summed E-state index contributed by atoms with van der Waals surface area (Å²) in [5, 5.41) is 4.64. The number of carbonyl (C=O) groups excluding carboxylic acids is 3. The molecule has 324 valence electrons.